The number of rotatable bonds is 3. The molecule has 1 amide bonds. The Morgan fingerprint density at radius 3 is 2.84 bits per heavy atom. The number of nitrogens with zero attached hydrogens (tertiary/aromatic N) is 3. The van der Waals surface area contributed by atoms with Gasteiger partial charge in [0.1, 0.15) is 5.82 Å². The van der Waals surface area contributed by atoms with Gasteiger partial charge in [0.05, 0.1) is 11.7 Å². The van der Waals surface area contributed by atoms with Gasteiger partial charge in [0.25, 0.3) is 0 Å². The van der Waals surface area contributed by atoms with Gasteiger partial charge in [-0.15, -0.1) is 0 Å². The van der Waals surface area contributed by atoms with Gasteiger partial charge in [-0.25, -0.2) is 4.98 Å². The lowest BCUT2D eigenvalue weighted by Crippen LogP contribution is -2.23. The Labute approximate surface area is 112 Å². The summed E-state index contributed by atoms with van der Waals surface area (Å²) in [6.07, 6.45) is 5.02. The fourth-order valence-electron chi connectivity index (χ4n) is 2.73. The maximum absolute atomic E-state index is 11.1. The molecule has 3 rings (SSSR count). The molecule has 0 saturated carbocycles. The number of aromatic nitrogens is 2. The Morgan fingerprint density at radius 1 is 1.32 bits per heavy atom. The minimum atomic E-state index is 0.125. The Bertz CT molecular complexity index is 576. The largest absolute Gasteiger partial charge is 0.336 e. The van der Waals surface area contributed by atoms with Crippen LogP contribution in [0.3, 0.4) is 0 Å². The van der Waals surface area contributed by atoms with Gasteiger partial charge in [-0.3, -0.25) is 4.79 Å². The number of amides is 1. The fraction of sp³-hybridized carbons (Fsp3) is 0.333. The van der Waals surface area contributed by atoms with E-state index in [9.17, 15) is 4.79 Å². The molecular formula is C15H17N3O. The SMILES string of the molecule is Cn1cc(-c2ccccc2)nc1[C@@H]1CCCN1C=O. The fourth-order valence-corrected chi connectivity index (χ4v) is 2.73. The average Bonchev–Trinajstić information content (AvgIpc) is 3.05. The van der Waals surface area contributed by atoms with E-state index in [-0.39, 0.29) is 6.04 Å². The van der Waals surface area contributed by atoms with Crippen LogP contribution in [0, 0.1) is 0 Å². The quantitative estimate of drug-likeness (QED) is 0.790. The first kappa shape index (κ1) is 12.0. The highest BCUT2D eigenvalue weighted by Crippen LogP contribution is 2.31. The zero-order valence-electron chi connectivity index (χ0n) is 11.0. The molecule has 1 aromatic heterocycles. The van der Waals surface area contributed by atoms with Gasteiger partial charge >= 0.3 is 0 Å². The lowest BCUT2D eigenvalue weighted by atomic mass is 10.2. The summed E-state index contributed by atoms with van der Waals surface area (Å²) in [5.41, 5.74) is 2.08. The number of imidazole rings is 1. The van der Waals surface area contributed by atoms with Gasteiger partial charge in [-0.2, -0.15) is 0 Å². The molecule has 0 radical (unpaired) electrons. The summed E-state index contributed by atoms with van der Waals surface area (Å²) in [5, 5.41) is 0. The first-order valence-corrected chi connectivity index (χ1v) is 6.59. The summed E-state index contributed by atoms with van der Waals surface area (Å²) in [6.45, 7) is 0.835. The Balaban J connectivity index is 1.96. The summed E-state index contributed by atoms with van der Waals surface area (Å²) >= 11 is 0. The van der Waals surface area contributed by atoms with Crippen molar-refractivity contribution in [1.29, 1.82) is 0 Å². The topological polar surface area (TPSA) is 38.1 Å². The van der Waals surface area contributed by atoms with Crippen LogP contribution in [0.2, 0.25) is 0 Å². The van der Waals surface area contributed by atoms with Crippen molar-refractivity contribution in [3.63, 3.8) is 0 Å². The third-order valence-electron chi connectivity index (χ3n) is 3.71. The van der Waals surface area contributed by atoms with Crippen LogP contribution >= 0.6 is 0 Å². The molecule has 2 heterocycles. The van der Waals surface area contributed by atoms with E-state index >= 15 is 0 Å². The predicted molar refractivity (Wildman–Crippen MR) is 73.4 cm³/mol. The second-order valence-corrected chi connectivity index (χ2v) is 4.96. The maximum Gasteiger partial charge on any atom is 0.210 e. The number of benzene rings is 1. The van der Waals surface area contributed by atoms with Gasteiger partial charge in [0.15, 0.2) is 0 Å². The molecule has 1 aliphatic heterocycles. The van der Waals surface area contributed by atoms with Gasteiger partial charge < -0.3 is 9.47 Å². The minimum Gasteiger partial charge on any atom is -0.336 e. The second kappa shape index (κ2) is 4.88. The summed E-state index contributed by atoms with van der Waals surface area (Å²) in [5.74, 6) is 0.975. The minimum absolute atomic E-state index is 0.125. The molecule has 2 aromatic rings. The third kappa shape index (κ3) is 2.14. The van der Waals surface area contributed by atoms with Crippen molar-refractivity contribution in [3.05, 3.63) is 42.4 Å². The molecule has 4 nitrogen and oxygen atoms in total. The van der Waals surface area contributed by atoms with Gasteiger partial charge in [-0.1, -0.05) is 30.3 Å². The number of carbonyl (C=O) groups is 1. The monoisotopic (exact) mass is 255 g/mol. The van der Waals surface area contributed by atoms with Gasteiger partial charge in [0.2, 0.25) is 6.41 Å². The van der Waals surface area contributed by atoms with E-state index in [1.165, 1.54) is 0 Å². The lowest BCUT2D eigenvalue weighted by molar-refractivity contribution is -0.119. The molecule has 0 bridgehead atoms. The molecular weight excluding hydrogens is 238 g/mol. The zero-order valence-corrected chi connectivity index (χ0v) is 11.0. The van der Waals surface area contributed by atoms with E-state index < -0.39 is 0 Å². The van der Waals surface area contributed by atoms with Crippen LogP contribution in [-0.4, -0.2) is 27.4 Å². The van der Waals surface area contributed by atoms with E-state index in [4.69, 9.17) is 4.98 Å². The smallest absolute Gasteiger partial charge is 0.210 e. The highest BCUT2D eigenvalue weighted by Gasteiger charge is 2.28. The zero-order chi connectivity index (χ0) is 13.2. The van der Waals surface area contributed by atoms with Crippen LogP contribution in [0.15, 0.2) is 36.5 Å². The highest BCUT2D eigenvalue weighted by molar-refractivity contribution is 5.58. The summed E-state index contributed by atoms with van der Waals surface area (Å²) in [6, 6.07) is 10.3. The summed E-state index contributed by atoms with van der Waals surface area (Å²) in [7, 11) is 2.00. The van der Waals surface area contributed by atoms with Crippen LogP contribution in [0.4, 0.5) is 0 Å². The van der Waals surface area contributed by atoms with Gasteiger partial charge in [0, 0.05) is 25.4 Å². The second-order valence-electron chi connectivity index (χ2n) is 4.96. The first-order chi connectivity index (χ1) is 9.29. The van der Waals surface area contributed by atoms with Crippen molar-refractivity contribution < 1.29 is 4.79 Å². The molecule has 1 aromatic carbocycles. The van der Waals surface area contributed by atoms with Crippen molar-refractivity contribution in [1.82, 2.24) is 14.5 Å². The lowest BCUT2D eigenvalue weighted by Gasteiger charge is -2.19. The molecule has 4 heteroatoms. The van der Waals surface area contributed by atoms with E-state index in [0.29, 0.717) is 0 Å². The van der Waals surface area contributed by atoms with E-state index in [1.54, 1.807) is 0 Å². The Morgan fingerprint density at radius 2 is 2.11 bits per heavy atom. The number of hydrogen-bond donors (Lipinski definition) is 0. The van der Waals surface area contributed by atoms with Crippen molar-refractivity contribution >= 4 is 6.41 Å². The van der Waals surface area contributed by atoms with Crippen LogP contribution in [-0.2, 0) is 11.8 Å². The summed E-state index contributed by atoms with van der Waals surface area (Å²) in [4.78, 5) is 17.6. The maximum atomic E-state index is 11.1. The van der Waals surface area contributed by atoms with Crippen molar-refractivity contribution in [2.45, 2.75) is 18.9 Å². The average molecular weight is 255 g/mol. The van der Waals surface area contributed by atoms with E-state index in [0.717, 1.165) is 42.9 Å². The third-order valence-corrected chi connectivity index (χ3v) is 3.71. The molecule has 0 N–H and O–H groups in total. The molecule has 1 saturated heterocycles. The van der Waals surface area contributed by atoms with Crippen LogP contribution in [0.1, 0.15) is 24.7 Å². The van der Waals surface area contributed by atoms with Crippen LogP contribution < -0.4 is 0 Å². The van der Waals surface area contributed by atoms with E-state index in [2.05, 4.69) is 12.1 Å². The van der Waals surface area contributed by atoms with Crippen molar-refractivity contribution in [2.24, 2.45) is 7.05 Å². The molecule has 0 unspecified atom stereocenters. The van der Waals surface area contributed by atoms with Crippen LogP contribution in [0.5, 0.6) is 0 Å². The van der Waals surface area contributed by atoms with Crippen molar-refractivity contribution in [3.8, 4) is 11.3 Å². The number of hydrogen-bond acceptors (Lipinski definition) is 2. The van der Waals surface area contributed by atoms with Crippen molar-refractivity contribution in [2.75, 3.05) is 6.54 Å². The number of likely N-dealkylation sites (tertiary alicyclic amines) is 1. The summed E-state index contributed by atoms with van der Waals surface area (Å²) < 4.78 is 2.04. The van der Waals surface area contributed by atoms with E-state index in [1.807, 2.05) is 40.9 Å². The predicted octanol–water partition coefficient (Wildman–Crippen LogP) is 2.38. The molecule has 0 aliphatic carbocycles. The number of carbonyl (C=O) groups excluding carboxylic acids is 1. The molecule has 1 fully saturated rings. The van der Waals surface area contributed by atoms with Crippen LogP contribution in [0.25, 0.3) is 11.3 Å². The molecule has 98 valence electrons. The number of aryl methyl sites for hydroxylation is 1. The molecule has 0 spiro atoms. The Kier molecular flexibility index (Phi) is 3.07. The van der Waals surface area contributed by atoms with Gasteiger partial charge in [-0.05, 0) is 12.8 Å². The first-order valence-electron chi connectivity index (χ1n) is 6.59. The molecule has 1 atom stereocenters. The standard InChI is InChI=1S/C15H17N3O/c1-17-10-13(12-6-3-2-4-7-12)16-15(17)14-8-5-9-18(14)11-19/h2-4,6-7,10-11,14H,5,8-9H2,1H3/t14-/m0/s1. The molecule has 19 heavy (non-hydrogen) atoms. The highest BCUT2D eigenvalue weighted by atomic mass is 16.1. The normalized spacial score (nSPS) is 18.8. The molecule has 1 aliphatic rings. The Hall–Kier alpha value is -2.10.